The first-order chi connectivity index (χ1) is 11.1. The fourth-order valence-electron chi connectivity index (χ4n) is 3.42. The van der Waals surface area contributed by atoms with Crippen molar-refractivity contribution >= 4 is 10.9 Å². The number of nitrogens with zero attached hydrogens (tertiary/aromatic N) is 1. The quantitative estimate of drug-likeness (QED) is 0.906. The molecule has 4 nitrogen and oxygen atoms in total. The highest BCUT2D eigenvalue weighted by Gasteiger charge is 2.29. The molecule has 2 N–H and O–H groups in total. The van der Waals surface area contributed by atoms with Crippen LogP contribution in [-0.4, -0.2) is 23.2 Å². The van der Waals surface area contributed by atoms with Crippen molar-refractivity contribution in [2.45, 2.75) is 38.3 Å². The van der Waals surface area contributed by atoms with E-state index in [1.165, 1.54) is 0 Å². The lowest BCUT2D eigenvalue weighted by molar-refractivity contribution is 0.115. The van der Waals surface area contributed by atoms with Crippen LogP contribution in [0.3, 0.4) is 0 Å². The number of aliphatic hydroxyl groups is 1. The second kappa shape index (κ2) is 6.59. The summed E-state index contributed by atoms with van der Waals surface area (Å²) in [5.41, 5.74) is 2.79. The molecule has 4 heteroatoms. The van der Waals surface area contributed by atoms with Gasteiger partial charge >= 0.3 is 0 Å². The van der Waals surface area contributed by atoms with Gasteiger partial charge in [-0.1, -0.05) is 13.5 Å². The number of hydrogen-bond donors (Lipinski definition) is 2. The van der Waals surface area contributed by atoms with Gasteiger partial charge in [-0.3, -0.25) is 4.98 Å². The molecule has 0 bridgehead atoms. The van der Waals surface area contributed by atoms with Crippen LogP contribution >= 0.6 is 0 Å². The summed E-state index contributed by atoms with van der Waals surface area (Å²) >= 11 is 0. The molecule has 1 aromatic carbocycles. The lowest BCUT2D eigenvalue weighted by Crippen LogP contribution is -2.40. The Morgan fingerprint density at radius 3 is 2.91 bits per heavy atom. The summed E-state index contributed by atoms with van der Waals surface area (Å²) < 4.78 is 5.31. The van der Waals surface area contributed by atoms with Gasteiger partial charge in [-0.15, -0.1) is 0 Å². The van der Waals surface area contributed by atoms with E-state index in [0.717, 1.165) is 47.2 Å². The lowest BCUT2D eigenvalue weighted by atomic mass is 9.86. The Hall–Kier alpha value is -2.07. The molecule has 0 saturated carbocycles. The van der Waals surface area contributed by atoms with E-state index < -0.39 is 6.10 Å². The summed E-state index contributed by atoms with van der Waals surface area (Å²) in [5.74, 6) is 1.28. The molecule has 3 rings (SSSR count). The van der Waals surface area contributed by atoms with E-state index in [-0.39, 0.29) is 6.04 Å². The second-order valence-corrected chi connectivity index (χ2v) is 6.19. The van der Waals surface area contributed by atoms with Gasteiger partial charge in [0, 0.05) is 17.3 Å². The zero-order valence-electron chi connectivity index (χ0n) is 13.7. The molecule has 0 amide bonds. The number of allylic oxidation sites excluding steroid dienone is 1. The Labute approximate surface area is 137 Å². The van der Waals surface area contributed by atoms with Gasteiger partial charge < -0.3 is 15.2 Å². The fraction of sp³-hybridized carbons (Fsp3) is 0.421. The molecule has 0 radical (unpaired) electrons. The molecular weight excluding hydrogens is 288 g/mol. The normalized spacial score (nSPS) is 22.7. The number of nitrogens with one attached hydrogen (secondary N) is 1. The number of aromatic nitrogens is 1. The smallest absolute Gasteiger partial charge is 0.119 e. The van der Waals surface area contributed by atoms with E-state index in [4.69, 9.17) is 4.74 Å². The van der Waals surface area contributed by atoms with Crippen molar-refractivity contribution in [1.82, 2.24) is 10.3 Å². The largest absolute Gasteiger partial charge is 0.497 e. The van der Waals surface area contributed by atoms with Crippen molar-refractivity contribution in [3.63, 3.8) is 0 Å². The summed E-state index contributed by atoms with van der Waals surface area (Å²) in [6.07, 6.45) is 4.24. The number of pyridine rings is 1. The highest BCUT2D eigenvalue weighted by molar-refractivity contribution is 5.83. The SMILES string of the molecule is C=C1N[C@H]([C@H](O)c2ccnc3ccc(OC)cc23)CC[C@H]1CC. The first-order valence-corrected chi connectivity index (χ1v) is 8.20. The Kier molecular flexibility index (Phi) is 4.53. The Bertz CT molecular complexity index is 714. The highest BCUT2D eigenvalue weighted by Crippen LogP contribution is 2.33. The zero-order chi connectivity index (χ0) is 16.4. The van der Waals surface area contributed by atoms with Gasteiger partial charge in [0.25, 0.3) is 0 Å². The monoisotopic (exact) mass is 312 g/mol. The van der Waals surface area contributed by atoms with Crippen molar-refractivity contribution in [1.29, 1.82) is 0 Å². The molecule has 0 unspecified atom stereocenters. The Morgan fingerprint density at radius 1 is 1.39 bits per heavy atom. The van der Waals surface area contributed by atoms with Gasteiger partial charge in [0.2, 0.25) is 0 Å². The van der Waals surface area contributed by atoms with Crippen molar-refractivity contribution in [2.24, 2.45) is 5.92 Å². The van der Waals surface area contributed by atoms with Crippen LogP contribution in [0.15, 0.2) is 42.7 Å². The third-order valence-electron chi connectivity index (χ3n) is 4.86. The van der Waals surface area contributed by atoms with E-state index in [1.54, 1.807) is 13.3 Å². The highest BCUT2D eigenvalue weighted by atomic mass is 16.5. The van der Waals surface area contributed by atoms with Gasteiger partial charge in [-0.05, 0) is 55.0 Å². The average Bonchev–Trinajstić information content (AvgIpc) is 2.60. The maximum Gasteiger partial charge on any atom is 0.119 e. The van der Waals surface area contributed by atoms with Crippen LogP contribution in [0.5, 0.6) is 5.75 Å². The summed E-state index contributed by atoms with van der Waals surface area (Å²) in [6, 6.07) is 7.63. The van der Waals surface area contributed by atoms with E-state index in [2.05, 4.69) is 23.8 Å². The van der Waals surface area contributed by atoms with Crippen LogP contribution in [0.2, 0.25) is 0 Å². The molecule has 0 spiro atoms. The van der Waals surface area contributed by atoms with Crippen LogP contribution in [0.25, 0.3) is 10.9 Å². The molecule has 2 aromatic rings. The number of ether oxygens (including phenoxy) is 1. The number of aliphatic hydroxyl groups excluding tert-OH is 1. The fourth-order valence-corrected chi connectivity index (χ4v) is 3.42. The summed E-state index contributed by atoms with van der Waals surface area (Å²) in [7, 11) is 1.64. The molecule has 3 atom stereocenters. The van der Waals surface area contributed by atoms with Crippen LogP contribution in [0, 0.1) is 5.92 Å². The minimum Gasteiger partial charge on any atom is -0.497 e. The molecule has 23 heavy (non-hydrogen) atoms. The van der Waals surface area contributed by atoms with Gasteiger partial charge in [0.05, 0.1) is 24.8 Å². The van der Waals surface area contributed by atoms with Crippen molar-refractivity contribution in [3.8, 4) is 5.75 Å². The third kappa shape index (κ3) is 3.04. The maximum atomic E-state index is 10.9. The van der Waals surface area contributed by atoms with Crippen molar-refractivity contribution in [3.05, 3.63) is 48.3 Å². The maximum absolute atomic E-state index is 10.9. The number of methoxy groups -OCH3 is 1. The number of hydrogen-bond acceptors (Lipinski definition) is 4. The summed E-state index contributed by atoms with van der Waals surface area (Å²) in [5, 5.41) is 15.3. The standard InChI is InChI=1S/C19H24N2O2/c1-4-13-5-7-18(21-12(13)2)19(22)15-9-10-20-17-8-6-14(23-3)11-16(15)17/h6,8-11,13,18-19,21-22H,2,4-5,7H2,1,3H3/t13-,18+,19-/m1/s1. The summed E-state index contributed by atoms with van der Waals surface area (Å²) in [4.78, 5) is 4.38. The van der Waals surface area contributed by atoms with Crippen molar-refractivity contribution in [2.75, 3.05) is 7.11 Å². The van der Waals surface area contributed by atoms with Gasteiger partial charge in [-0.2, -0.15) is 0 Å². The predicted octanol–water partition coefficient (Wildman–Crippen LogP) is 3.57. The van der Waals surface area contributed by atoms with E-state index in [0.29, 0.717) is 5.92 Å². The molecule has 0 aliphatic carbocycles. The summed E-state index contributed by atoms with van der Waals surface area (Å²) in [6.45, 7) is 6.31. The van der Waals surface area contributed by atoms with Crippen LogP contribution in [0.1, 0.15) is 37.9 Å². The lowest BCUT2D eigenvalue weighted by Gasteiger charge is -2.35. The molecule has 122 valence electrons. The molecule has 1 aromatic heterocycles. The third-order valence-corrected chi connectivity index (χ3v) is 4.86. The molecule has 2 heterocycles. The number of fused-ring (bicyclic) bond motifs is 1. The first-order valence-electron chi connectivity index (χ1n) is 8.20. The predicted molar refractivity (Wildman–Crippen MR) is 92.3 cm³/mol. The second-order valence-electron chi connectivity index (χ2n) is 6.19. The number of rotatable bonds is 4. The Morgan fingerprint density at radius 2 is 2.22 bits per heavy atom. The van der Waals surface area contributed by atoms with Crippen LogP contribution in [-0.2, 0) is 0 Å². The average molecular weight is 312 g/mol. The van der Waals surface area contributed by atoms with Crippen LogP contribution < -0.4 is 10.1 Å². The first kappa shape index (κ1) is 15.8. The van der Waals surface area contributed by atoms with E-state index in [1.807, 2.05) is 24.3 Å². The van der Waals surface area contributed by atoms with Crippen LogP contribution in [0.4, 0.5) is 0 Å². The molecule has 1 fully saturated rings. The van der Waals surface area contributed by atoms with E-state index >= 15 is 0 Å². The van der Waals surface area contributed by atoms with E-state index in [9.17, 15) is 5.11 Å². The molecule has 1 aliphatic rings. The minimum absolute atomic E-state index is 0.0119. The zero-order valence-corrected chi connectivity index (χ0v) is 13.7. The molecule has 1 aliphatic heterocycles. The number of benzene rings is 1. The van der Waals surface area contributed by atoms with Gasteiger partial charge in [0.1, 0.15) is 5.75 Å². The Balaban J connectivity index is 1.92. The topological polar surface area (TPSA) is 54.4 Å². The number of piperidine rings is 1. The molecule has 1 saturated heterocycles. The minimum atomic E-state index is -0.595. The van der Waals surface area contributed by atoms with Crippen molar-refractivity contribution < 1.29 is 9.84 Å². The molecular formula is C19H24N2O2. The van der Waals surface area contributed by atoms with Gasteiger partial charge in [-0.25, -0.2) is 0 Å². The van der Waals surface area contributed by atoms with Gasteiger partial charge in [0.15, 0.2) is 0 Å².